The molecule has 0 saturated heterocycles. The molecule has 0 radical (unpaired) electrons. The number of esters is 1. The Bertz CT molecular complexity index is 1190. The standard InChI is InChI=1S/C27H36FN3O4/c1-2-35-25(32)15-7-4-10-16-30-26(33)21-17-22(28)23(29-19-11-5-3-6-12-19)18-24(21)31(27(30)34)20-13-8-9-14-20/h7,15,17-20,29H,2-6,8-14,16H2,1H3/b15-7+. The minimum absolute atomic E-state index is 0.00792. The Morgan fingerprint density at radius 2 is 1.83 bits per heavy atom. The fourth-order valence-corrected chi connectivity index (χ4v) is 5.42. The van der Waals surface area contributed by atoms with Gasteiger partial charge in [0.2, 0.25) is 0 Å². The van der Waals surface area contributed by atoms with Crippen molar-refractivity contribution in [2.75, 3.05) is 11.9 Å². The monoisotopic (exact) mass is 485 g/mol. The van der Waals surface area contributed by atoms with Crippen molar-refractivity contribution in [3.05, 3.63) is 50.9 Å². The molecule has 0 amide bonds. The van der Waals surface area contributed by atoms with Gasteiger partial charge in [-0.2, -0.15) is 0 Å². The van der Waals surface area contributed by atoms with E-state index in [2.05, 4.69) is 5.32 Å². The van der Waals surface area contributed by atoms with Gasteiger partial charge in [-0.1, -0.05) is 38.2 Å². The number of allylic oxidation sites excluding steroid dienone is 1. The Morgan fingerprint density at radius 3 is 2.54 bits per heavy atom. The van der Waals surface area contributed by atoms with Crippen molar-refractivity contribution in [1.29, 1.82) is 0 Å². The minimum Gasteiger partial charge on any atom is -0.463 e. The number of fused-ring (bicyclic) bond motifs is 1. The number of halogens is 1. The fraction of sp³-hybridized carbons (Fsp3) is 0.593. The summed E-state index contributed by atoms with van der Waals surface area (Å²) in [6.45, 7) is 2.26. The van der Waals surface area contributed by atoms with Gasteiger partial charge in [-0.3, -0.25) is 13.9 Å². The van der Waals surface area contributed by atoms with Crippen LogP contribution in [0.25, 0.3) is 10.9 Å². The molecule has 1 heterocycles. The molecule has 1 N–H and O–H groups in total. The largest absolute Gasteiger partial charge is 0.463 e. The number of carbonyl (C=O) groups excluding carboxylic acids is 1. The molecule has 1 aromatic heterocycles. The molecule has 7 nitrogen and oxygen atoms in total. The van der Waals surface area contributed by atoms with E-state index in [1.165, 1.54) is 23.1 Å². The van der Waals surface area contributed by atoms with Crippen LogP contribution in [-0.4, -0.2) is 27.8 Å². The number of hydrogen-bond donors (Lipinski definition) is 1. The Morgan fingerprint density at radius 1 is 1.11 bits per heavy atom. The second kappa shape index (κ2) is 11.7. The van der Waals surface area contributed by atoms with E-state index in [4.69, 9.17) is 4.74 Å². The molecule has 2 aliphatic carbocycles. The highest BCUT2D eigenvalue weighted by Gasteiger charge is 2.25. The number of aromatic nitrogens is 2. The van der Waals surface area contributed by atoms with E-state index in [9.17, 15) is 14.4 Å². The lowest BCUT2D eigenvalue weighted by Gasteiger charge is -2.25. The van der Waals surface area contributed by atoms with E-state index in [1.807, 2.05) is 0 Å². The molecule has 35 heavy (non-hydrogen) atoms. The van der Waals surface area contributed by atoms with Gasteiger partial charge < -0.3 is 10.1 Å². The Kier molecular flexibility index (Phi) is 8.42. The van der Waals surface area contributed by atoms with E-state index in [-0.39, 0.29) is 29.7 Å². The van der Waals surface area contributed by atoms with Crippen LogP contribution in [0.5, 0.6) is 0 Å². The molecular formula is C27H36FN3O4. The lowest BCUT2D eigenvalue weighted by molar-refractivity contribution is -0.137. The third kappa shape index (κ3) is 5.85. The highest BCUT2D eigenvalue weighted by atomic mass is 19.1. The molecule has 0 unspecified atom stereocenters. The van der Waals surface area contributed by atoms with E-state index in [0.29, 0.717) is 30.7 Å². The summed E-state index contributed by atoms with van der Waals surface area (Å²) in [6.07, 6.45) is 13.3. The van der Waals surface area contributed by atoms with E-state index >= 15 is 4.39 Å². The van der Waals surface area contributed by atoms with Gasteiger partial charge in [0.1, 0.15) is 5.82 Å². The van der Waals surface area contributed by atoms with Gasteiger partial charge >= 0.3 is 11.7 Å². The van der Waals surface area contributed by atoms with Gasteiger partial charge in [0, 0.05) is 24.7 Å². The average Bonchev–Trinajstić information content (AvgIpc) is 3.37. The number of hydrogen-bond acceptors (Lipinski definition) is 5. The fourth-order valence-electron chi connectivity index (χ4n) is 5.42. The highest BCUT2D eigenvalue weighted by Crippen LogP contribution is 2.32. The molecule has 2 saturated carbocycles. The molecule has 8 heteroatoms. The molecule has 2 fully saturated rings. The zero-order valence-electron chi connectivity index (χ0n) is 20.6. The van der Waals surface area contributed by atoms with Gasteiger partial charge in [0.25, 0.3) is 5.56 Å². The SMILES string of the molecule is CCOC(=O)/C=C/CCCn1c(=O)c2cc(F)c(NC3CCCCC3)cc2n(C2CCCC2)c1=O. The minimum atomic E-state index is -0.461. The lowest BCUT2D eigenvalue weighted by atomic mass is 9.95. The number of nitrogens with zero attached hydrogens (tertiary/aromatic N) is 2. The maximum absolute atomic E-state index is 15.1. The van der Waals surface area contributed by atoms with E-state index < -0.39 is 17.3 Å². The van der Waals surface area contributed by atoms with Crippen molar-refractivity contribution >= 4 is 22.6 Å². The molecule has 0 atom stereocenters. The first-order chi connectivity index (χ1) is 17.0. The van der Waals surface area contributed by atoms with Crippen LogP contribution in [-0.2, 0) is 16.1 Å². The number of nitrogens with one attached hydrogen (secondary N) is 1. The normalized spacial score (nSPS) is 17.4. The number of unbranched alkanes of at least 4 members (excludes halogenated alkanes) is 1. The zero-order chi connectivity index (χ0) is 24.8. The van der Waals surface area contributed by atoms with E-state index in [0.717, 1.165) is 51.4 Å². The number of rotatable bonds is 9. The van der Waals surface area contributed by atoms with Crippen LogP contribution in [0.3, 0.4) is 0 Å². The first-order valence-corrected chi connectivity index (χ1v) is 13.1. The van der Waals surface area contributed by atoms with Gasteiger partial charge in [0.05, 0.1) is 23.2 Å². The second-order valence-corrected chi connectivity index (χ2v) is 9.67. The molecule has 2 aliphatic rings. The van der Waals surface area contributed by atoms with Gasteiger partial charge in [-0.25, -0.2) is 14.0 Å². The summed E-state index contributed by atoms with van der Waals surface area (Å²) in [5.74, 6) is -0.868. The summed E-state index contributed by atoms with van der Waals surface area (Å²) in [5.41, 5.74) is 0.0950. The van der Waals surface area contributed by atoms with Crippen LogP contribution in [0.15, 0.2) is 33.9 Å². The van der Waals surface area contributed by atoms with Crippen LogP contribution in [0, 0.1) is 5.82 Å². The quantitative estimate of drug-likeness (QED) is 0.305. The molecule has 190 valence electrons. The van der Waals surface area contributed by atoms with Crippen molar-refractivity contribution < 1.29 is 13.9 Å². The van der Waals surface area contributed by atoms with Crippen molar-refractivity contribution in [3.8, 4) is 0 Å². The predicted octanol–water partition coefficient (Wildman–Crippen LogP) is 5.06. The lowest BCUT2D eigenvalue weighted by Crippen LogP contribution is -2.41. The Balaban J connectivity index is 1.66. The Hall–Kier alpha value is -2.90. The molecule has 0 spiro atoms. The average molecular weight is 486 g/mol. The summed E-state index contributed by atoms with van der Waals surface area (Å²) >= 11 is 0. The molecule has 1 aromatic carbocycles. The predicted molar refractivity (Wildman–Crippen MR) is 135 cm³/mol. The van der Waals surface area contributed by atoms with Crippen molar-refractivity contribution in [2.24, 2.45) is 0 Å². The third-order valence-corrected chi connectivity index (χ3v) is 7.21. The summed E-state index contributed by atoms with van der Waals surface area (Å²) in [6, 6.07) is 3.19. The van der Waals surface area contributed by atoms with Crippen molar-refractivity contribution in [2.45, 2.75) is 96.2 Å². The first kappa shape index (κ1) is 25.2. The molecule has 0 bridgehead atoms. The summed E-state index contributed by atoms with van der Waals surface area (Å²) in [7, 11) is 0. The van der Waals surface area contributed by atoms with Gasteiger partial charge in [0.15, 0.2) is 0 Å². The first-order valence-electron chi connectivity index (χ1n) is 13.1. The summed E-state index contributed by atoms with van der Waals surface area (Å²) in [4.78, 5) is 38.3. The third-order valence-electron chi connectivity index (χ3n) is 7.21. The second-order valence-electron chi connectivity index (χ2n) is 9.67. The van der Waals surface area contributed by atoms with E-state index in [1.54, 1.807) is 23.6 Å². The van der Waals surface area contributed by atoms with Crippen molar-refractivity contribution in [3.63, 3.8) is 0 Å². The van der Waals surface area contributed by atoms with Crippen LogP contribution in [0.2, 0.25) is 0 Å². The van der Waals surface area contributed by atoms with Crippen LogP contribution in [0.1, 0.15) is 83.6 Å². The summed E-state index contributed by atoms with van der Waals surface area (Å²) in [5, 5.41) is 3.58. The molecule has 0 aliphatic heterocycles. The van der Waals surface area contributed by atoms with Gasteiger partial charge in [-0.05, 0) is 57.6 Å². The summed E-state index contributed by atoms with van der Waals surface area (Å²) < 4.78 is 22.9. The number of ether oxygens (including phenoxy) is 1. The smallest absolute Gasteiger partial charge is 0.331 e. The zero-order valence-corrected chi connectivity index (χ0v) is 20.6. The number of benzene rings is 1. The maximum Gasteiger partial charge on any atom is 0.331 e. The highest BCUT2D eigenvalue weighted by molar-refractivity contribution is 5.82. The van der Waals surface area contributed by atoms with Gasteiger partial charge in [-0.15, -0.1) is 0 Å². The van der Waals surface area contributed by atoms with Crippen LogP contribution >= 0.6 is 0 Å². The number of anilines is 1. The topological polar surface area (TPSA) is 82.3 Å². The molecule has 2 aromatic rings. The molecular weight excluding hydrogens is 449 g/mol. The van der Waals surface area contributed by atoms with Crippen LogP contribution < -0.4 is 16.6 Å². The maximum atomic E-state index is 15.1. The number of carbonyl (C=O) groups is 1. The van der Waals surface area contributed by atoms with Crippen LogP contribution in [0.4, 0.5) is 10.1 Å². The molecule has 4 rings (SSSR count). The van der Waals surface area contributed by atoms with Crippen molar-refractivity contribution in [1.82, 2.24) is 9.13 Å². The Labute approximate surface area is 205 Å².